The lowest BCUT2D eigenvalue weighted by Gasteiger charge is -2.19. The highest BCUT2D eigenvalue weighted by molar-refractivity contribution is 5.87. The highest BCUT2D eigenvalue weighted by Crippen LogP contribution is 2.22. The number of hydrogen-bond donors (Lipinski definition) is 0. The van der Waals surface area contributed by atoms with E-state index < -0.39 is 5.92 Å². The number of rotatable bonds is 3. The van der Waals surface area contributed by atoms with E-state index in [9.17, 15) is 4.79 Å². The molecule has 2 heteroatoms. The first kappa shape index (κ1) is 11.2. The van der Waals surface area contributed by atoms with Crippen LogP contribution in [0.4, 0.5) is 0 Å². The molecule has 68 valence electrons. The van der Waals surface area contributed by atoms with Crippen LogP contribution in [-0.4, -0.2) is 5.78 Å². The standard InChI is InChI=1S/C10H17NO/c1-5-6-8(7-11)9(12)10(2,3)4/h8H,5-6H2,1-4H3. The van der Waals surface area contributed by atoms with Gasteiger partial charge in [-0.1, -0.05) is 34.1 Å². The molecular formula is C10H17NO. The predicted octanol–water partition coefficient (Wildman–Crippen LogP) is 2.54. The number of nitriles is 1. The Labute approximate surface area is 74.6 Å². The number of Topliss-reactive ketones (excluding diaryl/α,β-unsaturated/α-hetero) is 1. The Kier molecular flexibility index (Phi) is 3.95. The fraction of sp³-hybridized carbons (Fsp3) is 0.800. The summed E-state index contributed by atoms with van der Waals surface area (Å²) in [6.07, 6.45) is 1.58. The van der Waals surface area contributed by atoms with E-state index in [2.05, 4.69) is 6.07 Å². The fourth-order valence-electron chi connectivity index (χ4n) is 1.07. The fourth-order valence-corrected chi connectivity index (χ4v) is 1.07. The van der Waals surface area contributed by atoms with Gasteiger partial charge in [-0.3, -0.25) is 4.79 Å². The predicted molar refractivity (Wildman–Crippen MR) is 48.5 cm³/mol. The van der Waals surface area contributed by atoms with Gasteiger partial charge < -0.3 is 0 Å². The Morgan fingerprint density at radius 2 is 2.00 bits per heavy atom. The lowest BCUT2D eigenvalue weighted by Crippen LogP contribution is -2.27. The maximum atomic E-state index is 11.6. The first-order chi connectivity index (χ1) is 5.43. The van der Waals surface area contributed by atoms with Crippen LogP contribution in [0.1, 0.15) is 40.5 Å². The first-order valence-corrected chi connectivity index (χ1v) is 4.37. The van der Waals surface area contributed by atoms with Gasteiger partial charge in [0, 0.05) is 5.41 Å². The highest BCUT2D eigenvalue weighted by Gasteiger charge is 2.28. The average Bonchev–Trinajstić information content (AvgIpc) is 1.97. The van der Waals surface area contributed by atoms with Gasteiger partial charge in [0.15, 0.2) is 5.78 Å². The zero-order valence-electron chi connectivity index (χ0n) is 8.35. The van der Waals surface area contributed by atoms with E-state index in [0.717, 1.165) is 6.42 Å². The van der Waals surface area contributed by atoms with Crippen LogP contribution < -0.4 is 0 Å². The van der Waals surface area contributed by atoms with Crippen molar-refractivity contribution in [2.75, 3.05) is 0 Å². The largest absolute Gasteiger partial charge is 0.298 e. The van der Waals surface area contributed by atoms with Crippen molar-refractivity contribution in [2.24, 2.45) is 11.3 Å². The maximum absolute atomic E-state index is 11.6. The zero-order valence-corrected chi connectivity index (χ0v) is 8.35. The van der Waals surface area contributed by atoms with Gasteiger partial charge in [0.05, 0.1) is 6.07 Å². The van der Waals surface area contributed by atoms with Gasteiger partial charge in [0.25, 0.3) is 0 Å². The molecule has 0 heterocycles. The summed E-state index contributed by atoms with van der Waals surface area (Å²) in [5, 5.41) is 8.72. The molecule has 0 bridgehead atoms. The molecule has 0 spiro atoms. The van der Waals surface area contributed by atoms with Crippen molar-refractivity contribution in [1.29, 1.82) is 5.26 Å². The van der Waals surface area contributed by atoms with Crippen molar-refractivity contribution in [3.05, 3.63) is 0 Å². The van der Waals surface area contributed by atoms with Gasteiger partial charge in [-0.15, -0.1) is 0 Å². The van der Waals surface area contributed by atoms with Crippen LogP contribution in [0.2, 0.25) is 0 Å². The monoisotopic (exact) mass is 167 g/mol. The third-order valence-corrected chi connectivity index (χ3v) is 1.79. The molecule has 0 radical (unpaired) electrons. The van der Waals surface area contributed by atoms with Gasteiger partial charge in [-0.2, -0.15) is 5.26 Å². The molecule has 0 aliphatic heterocycles. The second-order valence-electron chi connectivity index (χ2n) is 4.08. The van der Waals surface area contributed by atoms with Crippen molar-refractivity contribution in [1.82, 2.24) is 0 Å². The van der Waals surface area contributed by atoms with E-state index in [1.807, 2.05) is 27.7 Å². The third-order valence-electron chi connectivity index (χ3n) is 1.79. The summed E-state index contributed by atoms with van der Waals surface area (Å²) >= 11 is 0. The quantitative estimate of drug-likeness (QED) is 0.648. The smallest absolute Gasteiger partial charge is 0.155 e. The molecule has 0 aromatic heterocycles. The minimum absolute atomic E-state index is 0.0619. The summed E-state index contributed by atoms with van der Waals surface area (Å²) < 4.78 is 0. The van der Waals surface area contributed by atoms with E-state index in [0.29, 0.717) is 6.42 Å². The van der Waals surface area contributed by atoms with Crippen LogP contribution in [0.5, 0.6) is 0 Å². The molecule has 12 heavy (non-hydrogen) atoms. The molecule has 0 N–H and O–H groups in total. The Bertz CT molecular complexity index is 195. The third kappa shape index (κ3) is 3.04. The molecule has 1 unspecified atom stereocenters. The van der Waals surface area contributed by atoms with Crippen LogP contribution in [0.3, 0.4) is 0 Å². The van der Waals surface area contributed by atoms with Crippen LogP contribution in [0, 0.1) is 22.7 Å². The Hall–Kier alpha value is -0.840. The number of hydrogen-bond acceptors (Lipinski definition) is 2. The second kappa shape index (κ2) is 4.25. The minimum atomic E-state index is -0.407. The number of nitrogens with zero attached hydrogens (tertiary/aromatic N) is 1. The molecule has 0 saturated heterocycles. The molecule has 0 fully saturated rings. The van der Waals surface area contributed by atoms with E-state index in [1.165, 1.54) is 0 Å². The minimum Gasteiger partial charge on any atom is -0.298 e. The summed E-state index contributed by atoms with van der Waals surface area (Å²) in [7, 11) is 0. The molecule has 0 aliphatic carbocycles. The van der Waals surface area contributed by atoms with E-state index >= 15 is 0 Å². The molecule has 1 atom stereocenters. The Morgan fingerprint density at radius 3 is 2.25 bits per heavy atom. The SMILES string of the molecule is CCCC(C#N)C(=O)C(C)(C)C. The van der Waals surface area contributed by atoms with Crippen molar-refractivity contribution < 1.29 is 4.79 Å². The molecule has 0 aromatic carbocycles. The molecule has 0 amide bonds. The van der Waals surface area contributed by atoms with Crippen LogP contribution >= 0.6 is 0 Å². The summed E-state index contributed by atoms with van der Waals surface area (Å²) in [5.74, 6) is -0.346. The lowest BCUT2D eigenvalue weighted by atomic mass is 9.82. The molecule has 2 nitrogen and oxygen atoms in total. The Morgan fingerprint density at radius 1 is 1.50 bits per heavy atom. The van der Waals surface area contributed by atoms with Crippen LogP contribution in [-0.2, 0) is 4.79 Å². The van der Waals surface area contributed by atoms with Gasteiger partial charge in [0.1, 0.15) is 5.92 Å². The van der Waals surface area contributed by atoms with Crippen molar-refractivity contribution in [3.63, 3.8) is 0 Å². The molecular weight excluding hydrogens is 150 g/mol. The van der Waals surface area contributed by atoms with Gasteiger partial charge in [0.2, 0.25) is 0 Å². The van der Waals surface area contributed by atoms with Crippen molar-refractivity contribution >= 4 is 5.78 Å². The van der Waals surface area contributed by atoms with Gasteiger partial charge >= 0.3 is 0 Å². The van der Waals surface area contributed by atoms with E-state index in [4.69, 9.17) is 5.26 Å². The number of carbonyl (C=O) groups is 1. The van der Waals surface area contributed by atoms with Crippen molar-refractivity contribution in [3.8, 4) is 6.07 Å². The normalized spacial score (nSPS) is 13.6. The second-order valence-corrected chi connectivity index (χ2v) is 4.08. The molecule has 0 saturated carbocycles. The highest BCUT2D eigenvalue weighted by atomic mass is 16.1. The molecule has 0 rings (SSSR count). The summed E-state index contributed by atoms with van der Waals surface area (Å²) in [4.78, 5) is 11.6. The van der Waals surface area contributed by atoms with Crippen LogP contribution in [0.25, 0.3) is 0 Å². The van der Waals surface area contributed by atoms with E-state index in [1.54, 1.807) is 0 Å². The average molecular weight is 167 g/mol. The van der Waals surface area contributed by atoms with E-state index in [-0.39, 0.29) is 11.2 Å². The zero-order chi connectivity index (χ0) is 9.78. The Balaban J connectivity index is 4.35. The lowest BCUT2D eigenvalue weighted by molar-refractivity contribution is -0.128. The maximum Gasteiger partial charge on any atom is 0.155 e. The number of carbonyl (C=O) groups excluding carboxylic acids is 1. The summed E-state index contributed by atoms with van der Waals surface area (Å²) in [6.45, 7) is 7.56. The molecule has 0 aromatic rings. The molecule has 0 aliphatic rings. The first-order valence-electron chi connectivity index (χ1n) is 4.37. The van der Waals surface area contributed by atoms with Crippen LogP contribution in [0.15, 0.2) is 0 Å². The van der Waals surface area contributed by atoms with Gasteiger partial charge in [-0.05, 0) is 6.42 Å². The topological polar surface area (TPSA) is 40.9 Å². The summed E-state index contributed by atoms with van der Waals surface area (Å²) in [6, 6.07) is 2.06. The van der Waals surface area contributed by atoms with Gasteiger partial charge in [-0.25, -0.2) is 0 Å². The summed E-state index contributed by atoms with van der Waals surface area (Å²) in [5.41, 5.74) is -0.379. The van der Waals surface area contributed by atoms with Crippen molar-refractivity contribution in [2.45, 2.75) is 40.5 Å². The number of ketones is 1.